The minimum absolute atomic E-state index is 0.0864. The summed E-state index contributed by atoms with van der Waals surface area (Å²) in [6.07, 6.45) is 7.48. The van der Waals surface area contributed by atoms with E-state index in [2.05, 4.69) is 36.9 Å². The van der Waals surface area contributed by atoms with Gasteiger partial charge in [-0.15, -0.1) is 22.5 Å². The topological polar surface area (TPSA) is 97.4 Å². The van der Waals surface area contributed by atoms with Crippen molar-refractivity contribution in [3.8, 4) is 23.7 Å². The first-order valence-corrected chi connectivity index (χ1v) is 7.62. The summed E-state index contributed by atoms with van der Waals surface area (Å²) in [6, 6.07) is 7.33. The fourth-order valence-corrected chi connectivity index (χ4v) is 2.34. The number of tetrazole rings is 1. The fraction of sp³-hybridized carbons (Fsp3) is 0.375. The van der Waals surface area contributed by atoms with Crippen LogP contribution in [-0.4, -0.2) is 31.8 Å². The molecule has 1 amide bonds. The molecule has 8 nitrogen and oxygen atoms in total. The Morgan fingerprint density at radius 2 is 2.21 bits per heavy atom. The van der Waals surface area contributed by atoms with Crippen LogP contribution in [0.1, 0.15) is 25.7 Å². The number of hydrogen-bond donors (Lipinski definition) is 1. The van der Waals surface area contributed by atoms with E-state index in [1.165, 1.54) is 4.80 Å². The predicted octanol–water partition coefficient (Wildman–Crippen LogP) is 2.17. The highest BCUT2D eigenvalue weighted by molar-refractivity contribution is 5.91. The lowest BCUT2D eigenvalue weighted by Gasteiger charge is -2.09. The molecular weight excluding hydrogens is 306 g/mol. The average molecular weight is 323 g/mol. The number of carbonyl (C=O) groups is 1. The summed E-state index contributed by atoms with van der Waals surface area (Å²) < 4.78 is 0. The van der Waals surface area contributed by atoms with Crippen molar-refractivity contribution in [2.24, 2.45) is 17.3 Å². The van der Waals surface area contributed by atoms with Crippen LogP contribution in [0.5, 0.6) is 0 Å². The van der Waals surface area contributed by atoms with Crippen molar-refractivity contribution in [3.05, 3.63) is 24.3 Å². The van der Waals surface area contributed by atoms with Gasteiger partial charge in [-0.3, -0.25) is 4.79 Å². The minimum Gasteiger partial charge on any atom is -0.326 e. The van der Waals surface area contributed by atoms with Crippen LogP contribution < -0.4 is 5.32 Å². The summed E-state index contributed by atoms with van der Waals surface area (Å²) in [4.78, 5) is 13.5. The molecule has 1 aromatic heterocycles. The normalized spacial score (nSPS) is 14.2. The molecule has 3 rings (SSSR count). The third-order valence-corrected chi connectivity index (χ3v) is 3.72. The maximum absolute atomic E-state index is 12.1. The zero-order valence-corrected chi connectivity index (χ0v) is 13.3. The number of nitrogens with zero attached hydrogens (tertiary/aromatic N) is 6. The Morgan fingerprint density at radius 3 is 2.88 bits per heavy atom. The second-order valence-corrected chi connectivity index (χ2v) is 5.62. The smallest absolute Gasteiger partial charge is 0.224 e. The maximum atomic E-state index is 12.1. The lowest BCUT2D eigenvalue weighted by Crippen LogP contribution is -2.17. The van der Waals surface area contributed by atoms with E-state index in [0.717, 1.165) is 5.56 Å². The zero-order chi connectivity index (χ0) is 17.0. The van der Waals surface area contributed by atoms with Crippen LogP contribution >= 0.6 is 0 Å². The van der Waals surface area contributed by atoms with E-state index in [0.29, 0.717) is 37.2 Å². The molecule has 2 heterocycles. The molecule has 0 radical (unpaired) electrons. The van der Waals surface area contributed by atoms with Crippen LogP contribution in [0.2, 0.25) is 0 Å². The SMILES string of the molecule is C#CCCC1(CCC(=O)Nc2cccc(-c3nnn(C)n3)c2)N=N1. The second-order valence-electron chi connectivity index (χ2n) is 5.62. The summed E-state index contributed by atoms with van der Waals surface area (Å²) in [6.45, 7) is 0. The highest BCUT2D eigenvalue weighted by Crippen LogP contribution is 2.37. The molecule has 8 heteroatoms. The molecule has 2 aromatic rings. The zero-order valence-electron chi connectivity index (χ0n) is 13.3. The van der Waals surface area contributed by atoms with Gasteiger partial charge in [-0.25, -0.2) is 0 Å². The van der Waals surface area contributed by atoms with Crippen LogP contribution in [-0.2, 0) is 11.8 Å². The molecule has 1 aromatic carbocycles. The third kappa shape index (κ3) is 3.81. The van der Waals surface area contributed by atoms with Crippen LogP contribution in [0.25, 0.3) is 11.4 Å². The van der Waals surface area contributed by atoms with Crippen LogP contribution in [0.3, 0.4) is 0 Å². The Kier molecular flexibility index (Phi) is 4.33. The molecule has 1 N–H and O–H groups in total. The number of benzene rings is 1. The highest BCUT2D eigenvalue weighted by atomic mass is 16.1. The first kappa shape index (κ1) is 15.8. The summed E-state index contributed by atoms with van der Waals surface area (Å²) in [7, 11) is 1.70. The summed E-state index contributed by atoms with van der Waals surface area (Å²) >= 11 is 0. The second kappa shape index (κ2) is 6.58. The van der Waals surface area contributed by atoms with Crippen molar-refractivity contribution < 1.29 is 4.79 Å². The standard InChI is InChI=1S/C16H17N7O/c1-3-4-9-16(20-21-16)10-8-14(24)17-13-7-5-6-12(11-13)15-18-22-23(2)19-15/h1,5-7,11H,4,8-10H2,2H3,(H,17,24). The van der Waals surface area contributed by atoms with Gasteiger partial charge in [-0.2, -0.15) is 15.0 Å². The van der Waals surface area contributed by atoms with Gasteiger partial charge >= 0.3 is 0 Å². The van der Waals surface area contributed by atoms with E-state index in [1.807, 2.05) is 24.3 Å². The number of nitrogens with one attached hydrogen (secondary N) is 1. The van der Waals surface area contributed by atoms with E-state index >= 15 is 0 Å². The number of anilines is 1. The van der Waals surface area contributed by atoms with E-state index in [9.17, 15) is 4.79 Å². The van der Waals surface area contributed by atoms with Crippen molar-refractivity contribution in [3.63, 3.8) is 0 Å². The number of aryl methyl sites for hydroxylation is 1. The molecule has 0 fully saturated rings. The van der Waals surface area contributed by atoms with Crippen LogP contribution in [0.15, 0.2) is 34.5 Å². The van der Waals surface area contributed by atoms with Crippen molar-refractivity contribution in [1.29, 1.82) is 0 Å². The van der Waals surface area contributed by atoms with Gasteiger partial charge in [0.2, 0.25) is 11.7 Å². The first-order chi connectivity index (χ1) is 11.6. The van der Waals surface area contributed by atoms with Crippen molar-refractivity contribution in [1.82, 2.24) is 20.2 Å². The van der Waals surface area contributed by atoms with Crippen LogP contribution in [0.4, 0.5) is 5.69 Å². The molecule has 0 saturated carbocycles. The number of aromatic nitrogens is 4. The van der Waals surface area contributed by atoms with Gasteiger partial charge in [-0.1, -0.05) is 12.1 Å². The Labute approximate surface area is 139 Å². The molecule has 0 aliphatic carbocycles. The highest BCUT2D eigenvalue weighted by Gasteiger charge is 2.39. The molecule has 1 aliphatic heterocycles. The molecule has 0 atom stereocenters. The van der Waals surface area contributed by atoms with Gasteiger partial charge in [0.25, 0.3) is 0 Å². The first-order valence-electron chi connectivity index (χ1n) is 7.62. The Hall–Kier alpha value is -3.08. The Bertz CT molecular complexity index is 812. The van der Waals surface area contributed by atoms with Crippen LogP contribution in [0, 0.1) is 12.3 Å². The Balaban J connectivity index is 1.56. The van der Waals surface area contributed by atoms with E-state index in [-0.39, 0.29) is 5.91 Å². The number of terminal acetylenes is 1. The molecule has 0 spiro atoms. The summed E-state index contributed by atoms with van der Waals surface area (Å²) in [5, 5.41) is 22.8. The molecular formula is C16H17N7O. The quantitative estimate of drug-likeness (QED) is 0.790. The largest absolute Gasteiger partial charge is 0.326 e. The number of hydrogen-bond acceptors (Lipinski definition) is 6. The molecule has 24 heavy (non-hydrogen) atoms. The van der Waals surface area contributed by atoms with Gasteiger partial charge in [0, 0.05) is 36.9 Å². The monoisotopic (exact) mass is 323 g/mol. The number of carbonyl (C=O) groups excluding carboxylic acids is 1. The van der Waals surface area contributed by atoms with E-state index in [4.69, 9.17) is 6.42 Å². The third-order valence-electron chi connectivity index (χ3n) is 3.72. The average Bonchev–Trinajstić information content (AvgIpc) is 3.23. The van der Waals surface area contributed by atoms with E-state index in [1.54, 1.807) is 7.05 Å². The maximum Gasteiger partial charge on any atom is 0.224 e. The van der Waals surface area contributed by atoms with Gasteiger partial charge in [0.1, 0.15) is 0 Å². The molecule has 122 valence electrons. The lowest BCUT2D eigenvalue weighted by molar-refractivity contribution is -0.116. The molecule has 0 bridgehead atoms. The molecule has 0 unspecified atom stereocenters. The van der Waals surface area contributed by atoms with Crippen molar-refractivity contribution in [2.45, 2.75) is 31.3 Å². The van der Waals surface area contributed by atoms with Gasteiger partial charge in [0.15, 0.2) is 5.66 Å². The fourth-order valence-electron chi connectivity index (χ4n) is 2.34. The summed E-state index contributed by atoms with van der Waals surface area (Å²) in [5.41, 5.74) is 1.04. The Morgan fingerprint density at radius 1 is 1.38 bits per heavy atom. The van der Waals surface area contributed by atoms with Crippen molar-refractivity contribution >= 4 is 11.6 Å². The van der Waals surface area contributed by atoms with Gasteiger partial charge in [0.05, 0.1) is 7.05 Å². The number of rotatable bonds is 7. The predicted molar refractivity (Wildman–Crippen MR) is 87.8 cm³/mol. The molecule has 1 aliphatic rings. The van der Waals surface area contributed by atoms with Gasteiger partial charge < -0.3 is 5.32 Å². The number of amides is 1. The van der Waals surface area contributed by atoms with Crippen molar-refractivity contribution in [2.75, 3.05) is 5.32 Å². The lowest BCUT2D eigenvalue weighted by atomic mass is 10.0. The molecule has 0 saturated heterocycles. The minimum atomic E-state index is -0.435. The van der Waals surface area contributed by atoms with E-state index < -0.39 is 5.66 Å². The summed E-state index contributed by atoms with van der Waals surface area (Å²) in [5.74, 6) is 3.00. The van der Waals surface area contributed by atoms with Gasteiger partial charge in [-0.05, 0) is 17.3 Å².